The van der Waals surface area contributed by atoms with Gasteiger partial charge in [0.15, 0.2) is 0 Å². The molecule has 0 aromatic heterocycles. The van der Waals surface area contributed by atoms with Crippen molar-refractivity contribution < 1.29 is 35.1 Å². The summed E-state index contributed by atoms with van der Waals surface area (Å²) in [6.07, 6.45) is -5.08. The maximum Gasteiger partial charge on any atom is 0.307 e. The lowest BCUT2D eigenvalue weighted by atomic mass is 9.98. The molecule has 2 rings (SSSR count). The lowest BCUT2D eigenvalue weighted by Crippen LogP contribution is -2.46. The van der Waals surface area contributed by atoms with E-state index in [1.807, 2.05) is 0 Å². The minimum Gasteiger partial charge on any atom is -0.509 e. The second kappa shape index (κ2) is 10.5. The Kier molecular flexibility index (Phi) is 8.11. The van der Waals surface area contributed by atoms with Crippen molar-refractivity contribution in [2.45, 2.75) is 31.3 Å². The number of carbonyl (C=O) groups excluding carboxylic acids is 1. The third kappa shape index (κ3) is 6.55. The molecular weight excluding hydrogens is 376 g/mol. The van der Waals surface area contributed by atoms with Crippen molar-refractivity contribution in [1.29, 1.82) is 0 Å². The Labute approximate surface area is 168 Å². The van der Waals surface area contributed by atoms with E-state index in [1.165, 1.54) is 12.2 Å². The molecule has 5 N–H and O–H groups in total. The Balaban J connectivity index is 2.20. The summed E-state index contributed by atoms with van der Waals surface area (Å²) in [5.41, 5.74) is 1.15. The predicted octanol–water partition coefficient (Wildman–Crippen LogP) is 1.63. The Morgan fingerprint density at radius 1 is 0.793 bits per heavy atom. The largest absolute Gasteiger partial charge is 0.509 e. The Hall–Kier alpha value is -2.97. The fourth-order valence-corrected chi connectivity index (χ4v) is 2.58. The summed E-state index contributed by atoms with van der Waals surface area (Å²) in [5, 5.41) is 51.1. The minimum atomic E-state index is -1.96. The molecule has 0 aliphatic rings. The number of aliphatic hydroxyl groups excluding tert-OH is 5. The van der Waals surface area contributed by atoms with Gasteiger partial charge in [0.2, 0.25) is 0 Å². The van der Waals surface area contributed by atoms with Crippen molar-refractivity contribution in [3.63, 3.8) is 0 Å². The predicted molar refractivity (Wildman–Crippen MR) is 107 cm³/mol. The lowest BCUT2D eigenvalue weighted by molar-refractivity contribution is -0.142. The highest BCUT2D eigenvalue weighted by Crippen LogP contribution is 2.20. The van der Waals surface area contributed by atoms with Crippen LogP contribution in [-0.4, -0.2) is 55.9 Å². The van der Waals surface area contributed by atoms with Gasteiger partial charge in [0, 0.05) is 6.92 Å². The molecule has 0 fully saturated rings. The Bertz CT molecular complexity index is 846. The van der Waals surface area contributed by atoms with E-state index >= 15 is 0 Å². The van der Waals surface area contributed by atoms with Gasteiger partial charge in [0.25, 0.3) is 0 Å². The number of hydrogen-bond acceptors (Lipinski definition) is 7. The van der Waals surface area contributed by atoms with Crippen LogP contribution in [0.3, 0.4) is 0 Å². The molecule has 0 unspecified atom stereocenters. The van der Waals surface area contributed by atoms with Gasteiger partial charge in [-0.1, -0.05) is 60.7 Å². The van der Waals surface area contributed by atoms with Gasteiger partial charge in [-0.25, -0.2) is 0 Å². The zero-order chi connectivity index (χ0) is 21.4. The average Bonchev–Trinajstić information content (AvgIpc) is 2.72. The molecule has 7 heteroatoms. The monoisotopic (exact) mass is 400 g/mol. The topological polar surface area (TPSA) is 127 Å². The van der Waals surface area contributed by atoms with Crippen LogP contribution < -0.4 is 0 Å². The van der Waals surface area contributed by atoms with Crippen molar-refractivity contribution >= 4 is 18.1 Å². The number of rotatable bonds is 8. The van der Waals surface area contributed by atoms with E-state index < -0.39 is 36.1 Å². The smallest absolute Gasteiger partial charge is 0.307 e. The van der Waals surface area contributed by atoms with Gasteiger partial charge in [-0.3, -0.25) is 4.79 Å². The van der Waals surface area contributed by atoms with Crippen molar-refractivity contribution in [1.82, 2.24) is 0 Å². The first-order valence-corrected chi connectivity index (χ1v) is 8.92. The highest BCUT2D eigenvalue weighted by Gasteiger charge is 2.35. The molecule has 0 heterocycles. The van der Waals surface area contributed by atoms with Gasteiger partial charge in [-0.2, -0.15) is 0 Å². The highest BCUT2D eigenvalue weighted by molar-refractivity contribution is 5.69. The fourth-order valence-electron chi connectivity index (χ4n) is 2.58. The van der Waals surface area contributed by atoms with E-state index in [0.717, 1.165) is 6.92 Å². The molecule has 0 spiro atoms. The summed E-state index contributed by atoms with van der Waals surface area (Å²) in [5.74, 6) is -1.65. The molecule has 4 atom stereocenters. The van der Waals surface area contributed by atoms with Crippen LogP contribution in [0.15, 0.2) is 72.2 Å². The molecule has 0 radical (unpaired) electrons. The van der Waals surface area contributed by atoms with Crippen LogP contribution in [0.5, 0.6) is 0 Å². The molecular formula is C22H24O7. The standard InChI is InChI=1S/C22H24O7/c1-14(23)29-18(13-16-10-6-3-7-11-16)20(26)22(28)21(27)19(25)17(24)12-15-8-4-2-5-9-15/h2-13,19-22,24-28H,1H3/t19-,20+,21-,22-/m1/s1. The molecule has 0 bridgehead atoms. The molecule has 2 aromatic rings. The third-order valence-corrected chi connectivity index (χ3v) is 4.08. The van der Waals surface area contributed by atoms with Gasteiger partial charge in [0.05, 0.1) is 0 Å². The number of aliphatic hydroxyl groups is 5. The summed E-state index contributed by atoms with van der Waals surface area (Å²) in [6.45, 7) is 1.12. The molecule has 0 amide bonds. The van der Waals surface area contributed by atoms with E-state index in [1.54, 1.807) is 60.7 Å². The van der Waals surface area contributed by atoms with Crippen LogP contribution >= 0.6 is 0 Å². The van der Waals surface area contributed by atoms with E-state index in [-0.39, 0.29) is 5.76 Å². The van der Waals surface area contributed by atoms with Gasteiger partial charge >= 0.3 is 5.97 Å². The van der Waals surface area contributed by atoms with E-state index in [4.69, 9.17) is 4.74 Å². The number of hydrogen-bond donors (Lipinski definition) is 5. The van der Waals surface area contributed by atoms with E-state index in [2.05, 4.69) is 0 Å². The molecule has 0 aliphatic heterocycles. The van der Waals surface area contributed by atoms with Crippen molar-refractivity contribution in [2.24, 2.45) is 0 Å². The second-order valence-electron chi connectivity index (χ2n) is 6.40. The zero-order valence-corrected chi connectivity index (χ0v) is 15.8. The van der Waals surface area contributed by atoms with Crippen LogP contribution in [0.25, 0.3) is 12.2 Å². The molecule has 0 saturated carbocycles. The van der Waals surface area contributed by atoms with Gasteiger partial charge in [-0.15, -0.1) is 0 Å². The van der Waals surface area contributed by atoms with Gasteiger partial charge in [0.1, 0.15) is 35.9 Å². The van der Waals surface area contributed by atoms with E-state index in [9.17, 15) is 30.3 Å². The molecule has 0 saturated heterocycles. The number of carbonyl (C=O) groups is 1. The van der Waals surface area contributed by atoms with Crippen molar-refractivity contribution in [2.75, 3.05) is 0 Å². The van der Waals surface area contributed by atoms with Crippen molar-refractivity contribution in [3.05, 3.63) is 83.3 Å². The van der Waals surface area contributed by atoms with E-state index in [0.29, 0.717) is 11.1 Å². The lowest BCUT2D eigenvalue weighted by Gasteiger charge is -2.27. The van der Waals surface area contributed by atoms with Gasteiger partial charge in [-0.05, 0) is 23.3 Å². The normalized spacial score (nSPS) is 16.6. The Morgan fingerprint density at radius 3 is 1.72 bits per heavy atom. The van der Waals surface area contributed by atoms with Gasteiger partial charge < -0.3 is 30.3 Å². The summed E-state index contributed by atoms with van der Waals surface area (Å²) in [6, 6.07) is 17.1. The molecule has 29 heavy (non-hydrogen) atoms. The third-order valence-electron chi connectivity index (χ3n) is 4.08. The van der Waals surface area contributed by atoms with Crippen LogP contribution in [0.1, 0.15) is 18.1 Å². The number of benzene rings is 2. The van der Waals surface area contributed by atoms with Crippen LogP contribution in [-0.2, 0) is 9.53 Å². The summed E-state index contributed by atoms with van der Waals surface area (Å²) in [4.78, 5) is 11.4. The van der Waals surface area contributed by atoms with Crippen LogP contribution in [0.2, 0.25) is 0 Å². The zero-order valence-electron chi connectivity index (χ0n) is 15.8. The fraction of sp³-hybridized carbons (Fsp3) is 0.227. The first-order valence-electron chi connectivity index (χ1n) is 8.92. The summed E-state index contributed by atoms with van der Waals surface area (Å²) >= 11 is 0. The quantitative estimate of drug-likeness (QED) is 0.337. The summed E-state index contributed by atoms with van der Waals surface area (Å²) < 4.78 is 4.97. The minimum absolute atomic E-state index is 0.311. The first-order chi connectivity index (χ1) is 13.8. The summed E-state index contributed by atoms with van der Waals surface area (Å²) in [7, 11) is 0. The molecule has 0 aliphatic carbocycles. The van der Waals surface area contributed by atoms with Crippen LogP contribution in [0.4, 0.5) is 0 Å². The maximum atomic E-state index is 11.4. The average molecular weight is 400 g/mol. The van der Waals surface area contributed by atoms with Crippen molar-refractivity contribution in [3.8, 4) is 0 Å². The highest BCUT2D eigenvalue weighted by atomic mass is 16.5. The molecule has 7 nitrogen and oxygen atoms in total. The molecule has 154 valence electrons. The van der Waals surface area contributed by atoms with Crippen LogP contribution in [0, 0.1) is 0 Å². The SMILES string of the molecule is CC(=O)OC(=Cc1ccccc1)[C@H](O)[C@@H](O)[C@H](O)[C@H](O)C(O)=Cc1ccccc1. The molecule has 2 aromatic carbocycles. The second-order valence-corrected chi connectivity index (χ2v) is 6.40. The number of esters is 1. The maximum absolute atomic E-state index is 11.4. The number of ether oxygens (including phenoxy) is 1. The Morgan fingerprint density at radius 2 is 1.24 bits per heavy atom. The first kappa shape index (κ1) is 22.3.